The molecule has 0 aromatic carbocycles. The second-order valence-electron chi connectivity index (χ2n) is 6.33. The van der Waals surface area contributed by atoms with Gasteiger partial charge in [0.05, 0.1) is 0 Å². The zero-order valence-electron chi connectivity index (χ0n) is 10.6. The van der Waals surface area contributed by atoms with E-state index < -0.39 is 0 Å². The molecule has 0 spiro atoms. The number of hydrogen-bond acceptors (Lipinski definition) is 2. The van der Waals surface area contributed by atoms with Crippen LogP contribution in [0.5, 0.6) is 0 Å². The maximum atomic E-state index is 12.2. The number of ketones is 1. The van der Waals surface area contributed by atoms with Gasteiger partial charge < -0.3 is 4.90 Å². The summed E-state index contributed by atoms with van der Waals surface area (Å²) >= 11 is 0. The molecule has 15 heavy (non-hydrogen) atoms. The van der Waals surface area contributed by atoms with E-state index in [1.807, 2.05) is 0 Å². The van der Waals surface area contributed by atoms with Crippen LogP contribution >= 0.6 is 0 Å². The second kappa shape index (κ2) is 3.31. The third kappa shape index (κ3) is 1.45. The normalized spacial score (nSPS) is 42.9. The molecule has 2 rings (SSSR count). The molecule has 86 valence electrons. The Morgan fingerprint density at radius 3 is 2.47 bits per heavy atom. The molecule has 2 aliphatic carbocycles. The monoisotopic (exact) mass is 209 g/mol. The van der Waals surface area contributed by atoms with Crippen molar-refractivity contribution in [3.05, 3.63) is 0 Å². The zero-order chi connectivity index (χ0) is 11.4. The van der Waals surface area contributed by atoms with Crippen molar-refractivity contribution in [1.29, 1.82) is 0 Å². The number of carbonyl (C=O) groups is 1. The average molecular weight is 209 g/mol. The van der Waals surface area contributed by atoms with Gasteiger partial charge in [-0.1, -0.05) is 20.8 Å². The van der Waals surface area contributed by atoms with Gasteiger partial charge >= 0.3 is 0 Å². The van der Waals surface area contributed by atoms with Crippen molar-refractivity contribution < 1.29 is 4.79 Å². The summed E-state index contributed by atoms with van der Waals surface area (Å²) < 4.78 is 0. The van der Waals surface area contributed by atoms with Crippen LogP contribution in [0.25, 0.3) is 0 Å². The Morgan fingerprint density at radius 1 is 1.40 bits per heavy atom. The lowest BCUT2D eigenvalue weighted by molar-refractivity contribution is -0.131. The fraction of sp³-hybridized carbons (Fsp3) is 0.923. The van der Waals surface area contributed by atoms with E-state index in [0.717, 1.165) is 13.0 Å². The third-order valence-electron chi connectivity index (χ3n) is 5.02. The SMILES string of the molecule is C[C@@H]1[C@H]2C[C@@H]([C@@H](CN(C)C)C2=O)C1(C)C. The van der Waals surface area contributed by atoms with Gasteiger partial charge in [-0.15, -0.1) is 0 Å². The highest BCUT2D eigenvalue weighted by molar-refractivity contribution is 5.87. The first-order chi connectivity index (χ1) is 6.85. The Labute approximate surface area is 93.0 Å². The minimum Gasteiger partial charge on any atom is -0.309 e. The molecule has 0 radical (unpaired) electrons. The lowest BCUT2D eigenvalue weighted by atomic mass is 9.65. The molecule has 2 saturated carbocycles. The van der Waals surface area contributed by atoms with Crippen LogP contribution in [0.15, 0.2) is 0 Å². The van der Waals surface area contributed by atoms with Crippen molar-refractivity contribution in [1.82, 2.24) is 4.90 Å². The Balaban J connectivity index is 2.21. The molecular weight excluding hydrogens is 186 g/mol. The van der Waals surface area contributed by atoms with Gasteiger partial charge in [-0.25, -0.2) is 0 Å². The number of rotatable bonds is 2. The topological polar surface area (TPSA) is 20.3 Å². The van der Waals surface area contributed by atoms with E-state index in [9.17, 15) is 4.79 Å². The second-order valence-corrected chi connectivity index (χ2v) is 6.33. The van der Waals surface area contributed by atoms with E-state index in [4.69, 9.17) is 0 Å². The van der Waals surface area contributed by atoms with E-state index in [1.54, 1.807) is 0 Å². The molecule has 2 aliphatic rings. The van der Waals surface area contributed by atoms with Crippen LogP contribution < -0.4 is 0 Å². The summed E-state index contributed by atoms with van der Waals surface area (Å²) in [6.45, 7) is 7.89. The molecule has 2 bridgehead atoms. The van der Waals surface area contributed by atoms with E-state index in [0.29, 0.717) is 34.9 Å². The third-order valence-corrected chi connectivity index (χ3v) is 5.02. The van der Waals surface area contributed by atoms with Gasteiger partial charge in [0.25, 0.3) is 0 Å². The standard InChI is InChI=1S/C13H23NO/c1-8-9-6-11(13(8,2)3)10(12(9)15)7-14(4)5/h8-11H,6-7H2,1-5H3/t8-,9-,10-,11+/m1/s1. The molecule has 4 atom stereocenters. The maximum absolute atomic E-state index is 12.2. The molecule has 0 aromatic rings. The molecule has 0 saturated heterocycles. The summed E-state index contributed by atoms with van der Waals surface area (Å²) in [6, 6.07) is 0. The zero-order valence-corrected chi connectivity index (χ0v) is 10.6. The lowest BCUT2D eigenvalue weighted by Crippen LogP contribution is -2.43. The highest BCUT2D eigenvalue weighted by Crippen LogP contribution is 2.59. The van der Waals surface area contributed by atoms with Crippen molar-refractivity contribution in [2.45, 2.75) is 27.2 Å². The van der Waals surface area contributed by atoms with Crippen LogP contribution in [0.2, 0.25) is 0 Å². The summed E-state index contributed by atoms with van der Waals surface area (Å²) in [7, 11) is 4.13. The first-order valence-corrected chi connectivity index (χ1v) is 6.04. The Morgan fingerprint density at radius 2 is 2.00 bits per heavy atom. The fourth-order valence-electron chi connectivity index (χ4n) is 3.77. The van der Waals surface area contributed by atoms with Crippen molar-refractivity contribution in [2.75, 3.05) is 20.6 Å². The highest BCUT2D eigenvalue weighted by Gasteiger charge is 2.59. The van der Waals surface area contributed by atoms with Crippen LogP contribution in [0.3, 0.4) is 0 Å². The molecular formula is C13H23NO. The number of carbonyl (C=O) groups excluding carboxylic acids is 1. The largest absolute Gasteiger partial charge is 0.309 e. The van der Waals surface area contributed by atoms with E-state index in [1.165, 1.54) is 0 Å². The van der Waals surface area contributed by atoms with Crippen LogP contribution in [0.4, 0.5) is 0 Å². The first-order valence-electron chi connectivity index (χ1n) is 6.04. The van der Waals surface area contributed by atoms with Gasteiger partial charge in [-0.2, -0.15) is 0 Å². The van der Waals surface area contributed by atoms with Gasteiger partial charge in [0, 0.05) is 18.4 Å². The van der Waals surface area contributed by atoms with Gasteiger partial charge in [-0.3, -0.25) is 4.79 Å². The van der Waals surface area contributed by atoms with E-state index in [2.05, 4.69) is 39.8 Å². The lowest BCUT2D eigenvalue weighted by Gasteiger charge is -2.40. The summed E-state index contributed by atoms with van der Waals surface area (Å²) in [4.78, 5) is 14.3. The van der Waals surface area contributed by atoms with Crippen LogP contribution in [-0.2, 0) is 4.79 Å². The van der Waals surface area contributed by atoms with E-state index >= 15 is 0 Å². The predicted molar refractivity (Wildman–Crippen MR) is 61.6 cm³/mol. The summed E-state index contributed by atoms with van der Waals surface area (Å²) in [6.07, 6.45) is 1.14. The molecule has 0 unspecified atom stereocenters. The number of Topliss-reactive ketones (excluding diaryl/α,β-unsaturated/α-hetero) is 1. The summed E-state index contributed by atoms with van der Waals surface area (Å²) in [5.74, 6) is 2.40. The van der Waals surface area contributed by atoms with Crippen LogP contribution in [0, 0.1) is 29.1 Å². The molecule has 2 fully saturated rings. The van der Waals surface area contributed by atoms with Crippen molar-refractivity contribution >= 4 is 5.78 Å². The maximum Gasteiger partial charge on any atom is 0.140 e. The first kappa shape index (κ1) is 11.1. The fourth-order valence-corrected chi connectivity index (χ4v) is 3.77. The predicted octanol–water partition coefficient (Wildman–Crippen LogP) is 2.05. The molecule has 0 aliphatic heterocycles. The Kier molecular flexibility index (Phi) is 2.45. The molecule has 2 heteroatoms. The molecule has 0 aromatic heterocycles. The number of nitrogens with zero attached hydrogens (tertiary/aromatic N) is 1. The van der Waals surface area contributed by atoms with Gasteiger partial charge in [0.2, 0.25) is 0 Å². The van der Waals surface area contributed by atoms with Gasteiger partial charge in [-0.05, 0) is 37.8 Å². The smallest absolute Gasteiger partial charge is 0.140 e. The summed E-state index contributed by atoms with van der Waals surface area (Å²) in [5, 5.41) is 0. The van der Waals surface area contributed by atoms with Crippen LogP contribution in [-0.4, -0.2) is 31.3 Å². The van der Waals surface area contributed by atoms with Crippen LogP contribution in [0.1, 0.15) is 27.2 Å². The van der Waals surface area contributed by atoms with E-state index in [-0.39, 0.29) is 0 Å². The Hall–Kier alpha value is -0.370. The minimum absolute atomic E-state index is 0.302. The highest BCUT2D eigenvalue weighted by atomic mass is 16.1. The van der Waals surface area contributed by atoms with Gasteiger partial charge in [0.15, 0.2) is 0 Å². The quantitative estimate of drug-likeness (QED) is 0.693. The molecule has 0 N–H and O–H groups in total. The van der Waals surface area contributed by atoms with Crippen molar-refractivity contribution in [2.24, 2.45) is 29.1 Å². The molecule has 0 heterocycles. The average Bonchev–Trinajstić information content (AvgIpc) is 2.52. The molecule has 0 amide bonds. The van der Waals surface area contributed by atoms with Crippen molar-refractivity contribution in [3.8, 4) is 0 Å². The van der Waals surface area contributed by atoms with Gasteiger partial charge in [0.1, 0.15) is 5.78 Å². The minimum atomic E-state index is 0.302. The molecule has 2 nitrogen and oxygen atoms in total. The van der Waals surface area contributed by atoms with Crippen molar-refractivity contribution in [3.63, 3.8) is 0 Å². The number of hydrogen-bond donors (Lipinski definition) is 0. The summed E-state index contributed by atoms with van der Waals surface area (Å²) in [5.41, 5.74) is 0.360. The number of fused-ring (bicyclic) bond motifs is 2. The Bertz CT molecular complexity index is 282.